The molecule has 0 N–H and O–H groups in total. The van der Waals surface area contributed by atoms with Crippen LogP contribution in [-0.2, 0) is 9.47 Å². The average Bonchev–Trinajstić information content (AvgIpc) is 3.33. The third-order valence-corrected chi connectivity index (χ3v) is 4.67. The molecule has 3 aromatic rings. The van der Waals surface area contributed by atoms with Crippen LogP contribution in [0.25, 0.3) is 11.3 Å². The standard InChI is InChI=1S/C14H13NO6.C7H7BrO3/c1-8-10(14(16)20-3)7-12(21-8)9-5-4-6-11(15(17)18)13(9)19-2;1-4-5(7(9)10-2)3-6(8)11-4/h4-7H,1-3H3;3H,1-2H3. The lowest BCUT2D eigenvalue weighted by molar-refractivity contribution is -0.385. The number of para-hydroxylation sites is 1. The number of hydrogen-bond donors (Lipinski definition) is 0. The number of carbonyl (C=O) groups excluding carboxylic acids is 2. The molecular weight excluding hydrogens is 490 g/mol. The number of esters is 2. The molecule has 10 nitrogen and oxygen atoms in total. The predicted molar refractivity (Wildman–Crippen MR) is 116 cm³/mol. The summed E-state index contributed by atoms with van der Waals surface area (Å²) in [5.74, 6) is 0.388. The number of carbonyl (C=O) groups is 2. The molecule has 0 saturated carbocycles. The molecule has 0 fully saturated rings. The van der Waals surface area contributed by atoms with Crippen LogP contribution in [0.3, 0.4) is 0 Å². The van der Waals surface area contributed by atoms with Gasteiger partial charge in [0.15, 0.2) is 4.67 Å². The van der Waals surface area contributed by atoms with E-state index in [1.807, 2.05) is 0 Å². The lowest BCUT2D eigenvalue weighted by Crippen LogP contribution is -2.00. The first-order valence-electron chi connectivity index (χ1n) is 8.99. The molecule has 2 aromatic heterocycles. The molecule has 0 spiro atoms. The number of benzene rings is 1. The van der Waals surface area contributed by atoms with Crippen LogP contribution < -0.4 is 4.74 Å². The first-order valence-corrected chi connectivity index (χ1v) is 9.78. The van der Waals surface area contributed by atoms with Crippen molar-refractivity contribution in [3.63, 3.8) is 0 Å². The Bertz CT molecular complexity index is 1150. The van der Waals surface area contributed by atoms with Gasteiger partial charge in [-0.15, -0.1) is 0 Å². The van der Waals surface area contributed by atoms with Crippen molar-refractivity contribution in [2.45, 2.75) is 13.8 Å². The number of ether oxygens (including phenoxy) is 3. The Balaban J connectivity index is 0.000000278. The molecule has 0 aliphatic rings. The summed E-state index contributed by atoms with van der Waals surface area (Å²) < 4.78 is 25.4. The van der Waals surface area contributed by atoms with E-state index in [-0.39, 0.29) is 23.0 Å². The fraction of sp³-hybridized carbons (Fsp3) is 0.238. The predicted octanol–water partition coefficient (Wildman–Crippen LogP) is 5.10. The first-order chi connectivity index (χ1) is 15.1. The second kappa shape index (κ2) is 10.6. The van der Waals surface area contributed by atoms with Crippen LogP contribution in [0.2, 0.25) is 0 Å². The second-order valence-electron chi connectivity index (χ2n) is 6.20. The molecule has 1 aromatic carbocycles. The van der Waals surface area contributed by atoms with Gasteiger partial charge < -0.3 is 23.0 Å². The van der Waals surface area contributed by atoms with Crippen molar-refractivity contribution in [1.82, 2.24) is 0 Å². The Labute approximate surface area is 191 Å². The maximum Gasteiger partial charge on any atom is 0.341 e. The van der Waals surface area contributed by atoms with Crippen LogP contribution in [0.4, 0.5) is 5.69 Å². The minimum Gasteiger partial charge on any atom is -0.490 e. The molecule has 0 saturated heterocycles. The number of furan rings is 2. The van der Waals surface area contributed by atoms with Gasteiger partial charge >= 0.3 is 17.6 Å². The zero-order valence-corrected chi connectivity index (χ0v) is 19.5. The maximum atomic E-state index is 11.6. The van der Waals surface area contributed by atoms with Crippen molar-refractivity contribution in [1.29, 1.82) is 0 Å². The molecule has 32 heavy (non-hydrogen) atoms. The summed E-state index contributed by atoms with van der Waals surface area (Å²) in [6.45, 7) is 3.32. The SMILES string of the molecule is COC(=O)c1cc(-c2cccc([N+](=O)[O-])c2OC)oc1C.COC(=O)c1cc(Br)oc1C. The summed E-state index contributed by atoms with van der Waals surface area (Å²) in [7, 11) is 3.94. The lowest BCUT2D eigenvalue weighted by Gasteiger charge is -2.06. The van der Waals surface area contributed by atoms with Gasteiger partial charge in [0.25, 0.3) is 0 Å². The Morgan fingerprint density at radius 3 is 2.00 bits per heavy atom. The highest BCUT2D eigenvalue weighted by Crippen LogP contribution is 2.39. The van der Waals surface area contributed by atoms with Gasteiger partial charge in [0.2, 0.25) is 5.75 Å². The van der Waals surface area contributed by atoms with Crippen molar-refractivity contribution in [2.75, 3.05) is 21.3 Å². The molecule has 0 amide bonds. The molecule has 0 aliphatic heterocycles. The number of hydrogen-bond acceptors (Lipinski definition) is 9. The third kappa shape index (κ3) is 5.35. The molecule has 170 valence electrons. The molecule has 2 heterocycles. The number of rotatable bonds is 5. The summed E-state index contributed by atoms with van der Waals surface area (Å²) in [4.78, 5) is 33.0. The highest BCUT2D eigenvalue weighted by Gasteiger charge is 2.23. The van der Waals surface area contributed by atoms with E-state index in [0.29, 0.717) is 33.1 Å². The van der Waals surface area contributed by atoms with E-state index in [9.17, 15) is 19.7 Å². The number of nitro benzene ring substituents is 1. The van der Waals surface area contributed by atoms with E-state index in [1.165, 1.54) is 39.5 Å². The van der Waals surface area contributed by atoms with Gasteiger partial charge in [-0.25, -0.2) is 9.59 Å². The van der Waals surface area contributed by atoms with E-state index in [0.717, 1.165) is 0 Å². The van der Waals surface area contributed by atoms with Gasteiger partial charge in [0, 0.05) is 12.1 Å². The van der Waals surface area contributed by atoms with Crippen molar-refractivity contribution >= 4 is 33.6 Å². The van der Waals surface area contributed by atoms with Gasteiger partial charge in [-0.2, -0.15) is 0 Å². The fourth-order valence-electron chi connectivity index (χ4n) is 2.76. The van der Waals surface area contributed by atoms with Gasteiger partial charge in [-0.1, -0.05) is 6.07 Å². The van der Waals surface area contributed by atoms with Crippen LogP contribution in [0, 0.1) is 24.0 Å². The summed E-state index contributed by atoms with van der Waals surface area (Å²) in [6.07, 6.45) is 0. The average molecular weight is 510 g/mol. The number of nitrogens with zero attached hydrogens (tertiary/aromatic N) is 1. The molecule has 0 aliphatic carbocycles. The number of methoxy groups -OCH3 is 3. The van der Waals surface area contributed by atoms with E-state index < -0.39 is 10.9 Å². The topological polar surface area (TPSA) is 131 Å². The summed E-state index contributed by atoms with van der Waals surface area (Å²) in [5, 5.41) is 11.0. The Kier molecular flexibility index (Phi) is 8.19. The summed E-state index contributed by atoms with van der Waals surface area (Å²) in [5.41, 5.74) is 0.939. The van der Waals surface area contributed by atoms with E-state index in [1.54, 1.807) is 26.0 Å². The largest absolute Gasteiger partial charge is 0.490 e. The van der Waals surface area contributed by atoms with Gasteiger partial charge in [0.1, 0.15) is 28.4 Å². The minimum atomic E-state index is -0.542. The van der Waals surface area contributed by atoms with Crippen LogP contribution in [-0.4, -0.2) is 38.2 Å². The monoisotopic (exact) mass is 509 g/mol. The summed E-state index contributed by atoms with van der Waals surface area (Å²) in [6, 6.07) is 7.53. The fourth-order valence-corrected chi connectivity index (χ4v) is 3.23. The minimum absolute atomic E-state index is 0.0765. The molecule has 0 atom stereocenters. The van der Waals surface area contributed by atoms with Crippen LogP contribution in [0.15, 0.2) is 43.8 Å². The van der Waals surface area contributed by atoms with Crippen LogP contribution in [0.5, 0.6) is 5.75 Å². The van der Waals surface area contributed by atoms with Crippen LogP contribution in [0.1, 0.15) is 32.2 Å². The zero-order chi connectivity index (χ0) is 24.0. The quantitative estimate of drug-likeness (QED) is 0.261. The molecule has 3 rings (SSSR count). The van der Waals surface area contributed by atoms with Crippen LogP contribution >= 0.6 is 15.9 Å². The van der Waals surface area contributed by atoms with Gasteiger partial charge in [-0.05, 0) is 41.9 Å². The van der Waals surface area contributed by atoms with Crippen molar-refractivity contribution in [3.8, 4) is 17.1 Å². The maximum absolute atomic E-state index is 11.6. The Morgan fingerprint density at radius 1 is 0.969 bits per heavy atom. The van der Waals surface area contributed by atoms with Crippen molar-refractivity contribution in [2.24, 2.45) is 0 Å². The normalized spacial score (nSPS) is 10.1. The Hall–Kier alpha value is -3.60. The van der Waals surface area contributed by atoms with E-state index in [4.69, 9.17) is 13.6 Å². The number of nitro groups is 1. The van der Waals surface area contributed by atoms with Crippen molar-refractivity contribution < 1.29 is 37.6 Å². The molecule has 11 heteroatoms. The smallest absolute Gasteiger partial charge is 0.341 e. The van der Waals surface area contributed by atoms with Crippen molar-refractivity contribution in [3.05, 3.63) is 67.8 Å². The van der Waals surface area contributed by atoms with Gasteiger partial charge in [-0.3, -0.25) is 10.1 Å². The lowest BCUT2D eigenvalue weighted by atomic mass is 10.1. The molecular formula is C21H20BrNO9. The highest BCUT2D eigenvalue weighted by atomic mass is 79.9. The number of aryl methyl sites for hydroxylation is 2. The van der Waals surface area contributed by atoms with E-state index >= 15 is 0 Å². The second-order valence-corrected chi connectivity index (χ2v) is 6.98. The van der Waals surface area contributed by atoms with Gasteiger partial charge in [0.05, 0.1) is 31.8 Å². The molecule has 0 radical (unpaired) electrons. The molecule has 0 unspecified atom stereocenters. The third-order valence-electron chi connectivity index (χ3n) is 4.28. The summed E-state index contributed by atoms with van der Waals surface area (Å²) >= 11 is 3.11. The zero-order valence-electron chi connectivity index (χ0n) is 17.9. The van der Waals surface area contributed by atoms with E-state index in [2.05, 4.69) is 25.4 Å². The highest BCUT2D eigenvalue weighted by molar-refractivity contribution is 9.10. The molecule has 0 bridgehead atoms. The number of halogens is 1. The Morgan fingerprint density at radius 2 is 1.53 bits per heavy atom. The first kappa shape index (κ1) is 24.7.